The van der Waals surface area contributed by atoms with Crippen LogP contribution in [0.4, 0.5) is 0 Å². The third-order valence-electron chi connectivity index (χ3n) is 10.1. The molecule has 1 aliphatic rings. The molecule has 242 valence electrons. The largest absolute Gasteiger partial charge is 0.456 e. The van der Waals surface area contributed by atoms with Gasteiger partial charge in [0.15, 0.2) is 0 Å². The molecule has 2 N–H and O–H groups in total. The molecule has 0 radical (unpaired) electrons. The number of pyridine rings is 1. The van der Waals surface area contributed by atoms with Crippen molar-refractivity contribution in [3.05, 3.63) is 187 Å². The second kappa shape index (κ2) is 12.1. The first-order valence-corrected chi connectivity index (χ1v) is 17.3. The van der Waals surface area contributed by atoms with E-state index in [1.165, 1.54) is 32.8 Å². The minimum absolute atomic E-state index is 0.105. The average Bonchev–Trinajstić information content (AvgIpc) is 3.60. The molecule has 7 aromatic carbocycles. The van der Waals surface area contributed by atoms with Crippen LogP contribution in [-0.4, -0.2) is 10.8 Å². The molecule has 0 aliphatic carbocycles. The molecule has 5 heteroatoms. The lowest BCUT2D eigenvalue weighted by Gasteiger charge is -2.32. The minimum Gasteiger partial charge on any atom is -0.456 e. The first-order chi connectivity index (χ1) is 25.3. The van der Waals surface area contributed by atoms with Crippen molar-refractivity contribution in [2.45, 2.75) is 12.3 Å². The van der Waals surface area contributed by atoms with Crippen LogP contribution in [0.1, 0.15) is 29.0 Å². The number of aliphatic imine (C=N–C) groups is 1. The Balaban J connectivity index is 1.13. The van der Waals surface area contributed by atoms with Gasteiger partial charge in [-0.25, -0.2) is 4.99 Å². The number of amidine groups is 1. The van der Waals surface area contributed by atoms with E-state index in [9.17, 15) is 0 Å². The van der Waals surface area contributed by atoms with Crippen molar-refractivity contribution < 1.29 is 4.42 Å². The third-order valence-corrected chi connectivity index (χ3v) is 10.1. The molecule has 2 aromatic heterocycles. The van der Waals surface area contributed by atoms with E-state index in [1.807, 2.05) is 24.4 Å². The Hall–Kier alpha value is -6.56. The number of aromatic nitrogens is 1. The average molecular weight is 657 g/mol. The Morgan fingerprint density at radius 3 is 1.69 bits per heavy atom. The summed E-state index contributed by atoms with van der Waals surface area (Å²) >= 11 is 0. The van der Waals surface area contributed by atoms with Gasteiger partial charge in [-0.05, 0) is 67.1 Å². The van der Waals surface area contributed by atoms with Crippen LogP contribution >= 0.6 is 0 Å². The van der Waals surface area contributed by atoms with Gasteiger partial charge >= 0.3 is 0 Å². The summed E-state index contributed by atoms with van der Waals surface area (Å²) in [6.45, 7) is 0. The van der Waals surface area contributed by atoms with E-state index < -0.39 is 0 Å². The lowest BCUT2D eigenvalue weighted by molar-refractivity contribution is 0.409. The van der Waals surface area contributed by atoms with Crippen molar-refractivity contribution in [3.63, 3.8) is 0 Å². The zero-order valence-corrected chi connectivity index (χ0v) is 27.6. The third kappa shape index (κ3) is 4.98. The molecule has 0 amide bonds. The Kier molecular flexibility index (Phi) is 6.96. The van der Waals surface area contributed by atoms with Crippen molar-refractivity contribution in [2.75, 3.05) is 0 Å². The number of furan rings is 1. The zero-order valence-electron chi connectivity index (χ0n) is 27.6. The fraction of sp³-hybridized carbons (Fsp3) is 0.0435. The highest BCUT2D eigenvalue weighted by Crippen LogP contribution is 2.43. The smallest absolute Gasteiger partial charge is 0.138 e. The van der Waals surface area contributed by atoms with Crippen molar-refractivity contribution >= 4 is 49.3 Å². The Morgan fingerprint density at radius 1 is 0.451 bits per heavy atom. The van der Waals surface area contributed by atoms with E-state index >= 15 is 0 Å². The van der Waals surface area contributed by atoms with Crippen molar-refractivity contribution in [1.29, 1.82) is 0 Å². The summed E-state index contributed by atoms with van der Waals surface area (Å²) in [7, 11) is 0. The molecule has 0 saturated heterocycles. The molecule has 2 unspecified atom stereocenters. The van der Waals surface area contributed by atoms with Gasteiger partial charge in [0.1, 0.15) is 29.3 Å². The SMILES string of the molecule is c1ccc(C2N=C(c3ccc(-c4ccc(-c5cccc6oc7ccncc7c56)c5ccccc45)c4ccccc34)NC(c3ccccc3)N2)cc1. The van der Waals surface area contributed by atoms with Crippen LogP contribution in [0, 0.1) is 0 Å². The monoisotopic (exact) mass is 656 g/mol. The standard InChI is InChI=1S/C46H32N4O/c1-3-12-29(13-4-1)44-48-45(30-14-5-2-6-15-30)50-46(49-44)39-25-24-36(33-18-9-10-19-34(33)39)35-22-23-37(32-17-8-7-16-31(32)35)38-20-11-21-42-43(38)40-28-47-27-26-41(40)51-42/h1-28,44-45,48H,(H,49,50). The maximum atomic E-state index is 6.23. The maximum Gasteiger partial charge on any atom is 0.138 e. The second-order valence-corrected chi connectivity index (χ2v) is 13.0. The molecule has 51 heavy (non-hydrogen) atoms. The molecular weight excluding hydrogens is 625 g/mol. The molecule has 0 spiro atoms. The van der Waals surface area contributed by atoms with Gasteiger partial charge in [-0.1, -0.05) is 146 Å². The number of fused-ring (bicyclic) bond motifs is 5. The fourth-order valence-corrected chi connectivity index (χ4v) is 7.72. The summed E-state index contributed by atoms with van der Waals surface area (Å²) in [4.78, 5) is 9.69. The van der Waals surface area contributed by atoms with Crippen LogP contribution in [-0.2, 0) is 0 Å². The van der Waals surface area contributed by atoms with Crippen LogP contribution in [0.5, 0.6) is 0 Å². The Labute approximate surface area is 294 Å². The minimum atomic E-state index is -0.199. The molecule has 0 fully saturated rings. The molecule has 9 aromatic rings. The number of hydrogen-bond acceptors (Lipinski definition) is 5. The van der Waals surface area contributed by atoms with Gasteiger partial charge in [-0.2, -0.15) is 0 Å². The van der Waals surface area contributed by atoms with E-state index in [2.05, 4.69) is 155 Å². The number of nitrogens with zero attached hydrogens (tertiary/aromatic N) is 2. The topological polar surface area (TPSA) is 62.5 Å². The first kappa shape index (κ1) is 29.4. The molecule has 5 nitrogen and oxygen atoms in total. The zero-order chi connectivity index (χ0) is 33.7. The fourth-order valence-electron chi connectivity index (χ4n) is 7.72. The predicted octanol–water partition coefficient (Wildman–Crippen LogP) is 11.0. The Bertz CT molecular complexity index is 2770. The number of benzene rings is 7. The summed E-state index contributed by atoms with van der Waals surface area (Å²) in [5.74, 6) is 0.870. The summed E-state index contributed by atoms with van der Waals surface area (Å²) in [6.07, 6.45) is 3.38. The van der Waals surface area contributed by atoms with Gasteiger partial charge in [-0.15, -0.1) is 0 Å². The Morgan fingerprint density at radius 2 is 1.02 bits per heavy atom. The summed E-state index contributed by atoms with van der Waals surface area (Å²) in [5, 5.41) is 14.3. The van der Waals surface area contributed by atoms with E-state index in [-0.39, 0.29) is 12.3 Å². The first-order valence-electron chi connectivity index (χ1n) is 17.3. The molecule has 0 bridgehead atoms. The van der Waals surface area contributed by atoms with Gasteiger partial charge in [0.25, 0.3) is 0 Å². The highest BCUT2D eigenvalue weighted by molar-refractivity contribution is 6.18. The van der Waals surface area contributed by atoms with Gasteiger partial charge in [0.2, 0.25) is 0 Å². The van der Waals surface area contributed by atoms with Gasteiger partial charge in [0.05, 0.1) is 0 Å². The predicted molar refractivity (Wildman–Crippen MR) is 209 cm³/mol. The van der Waals surface area contributed by atoms with Crippen LogP contribution in [0.2, 0.25) is 0 Å². The van der Waals surface area contributed by atoms with Crippen LogP contribution in [0.15, 0.2) is 180 Å². The van der Waals surface area contributed by atoms with Crippen LogP contribution < -0.4 is 10.6 Å². The summed E-state index contributed by atoms with van der Waals surface area (Å²) in [5.41, 5.74) is 9.74. The van der Waals surface area contributed by atoms with E-state index in [4.69, 9.17) is 9.41 Å². The second-order valence-electron chi connectivity index (χ2n) is 13.0. The van der Waals surface area contributed by atoms with Crippen molar-refractivity contribution in [2.24, 2.45) is 4.99 Å². The normalized spacial score (nSPS) is 16.0. The van der Waals surface area contributed by atoms with Crippen LogP contribution in [0.25, 0.3) is 65.7 Å². The lowest BCUT2D eigenvalue weighted by atomic mass is 9.88. The molecular formula is C46H32N4O. The van der Waals surface area contributed by atoms with Crippen molar-refractivity contribution in [1.82, 2.24) is 15.6 Å². The summed E-state index contributed by atoms with van der Waals surface area (Å²) in [6, 6.07) is 55.6. The molecule has 3 heterocycles. The molecule has 10 rings (SSSR count). The molecule has 2 atom stereocenters. The molecule has 1 aliphatic heterocycles. The van der Waals surface area contributed by atoms with Gasteiger partial charge < -0.3 is 9.73 Å². The number of rotatable bonds is 5. The van der Waals surface area contributed by atoms with Gasteiger partial charge in [-0.3, -0.25) is 10.3 Å². The van der Waals surface area contributed by atoms with Crippen LogP contribution in [0.3, 0.4) is 0 Å². The maximum absolute atomic E-state index is 6.23. The highest BCUT2D eigenvalue weighted by atomic mass is 16.3. The van der Waals surface area contributed by atoms with Gasteiger partial charge in [0, 0.05) is 28.7 Å². The van der Waals surface area contributed by atoms with E-state index in [0.717, 1.165) is 55.4 Å². The highest BCUT2D eigenvalue weighted by Gasteiger charge is 2.26. The molecule has 0 saturated carbocycles. The summed E-state index contributed by atoms with van der Waals surface area (Å²) < 4.78 is 6.23. The van der Waals surface area contributed by atoms with E-state index in [0.29, 0.717) is 0 Å². The lowest BCUT2D eigenvalue weighted by Crippen LogP contribution is -2.45. The quantitative estimate of drug-likeness (QED) is 0.194. The number of hydrogen-bond donors (Lipinski definition) is 2. The van der Waals surface area contributed by atoms with Crippen molar-refractivity contribution in [3.8, 4) is 22.3 Å². The number of nitrogens with one attached hydrogen (secondary N) is 2. The van der Waals surface area contributed by atoms with E-state index in [1.54, 1.807) is 6.20 Å².